The van der Waals surface area contributed by atoms with Crippen molar-refractivity contribution in [3.05, 3.63) is 69.0 Å². The van der Waals surface area contributed by atoms with Crippen molar-refractivity contribution in [2.24, 2.45) is 0 Å². The Hall–Kier alpha value is -3.26. The number of aryl methyl sites for hydroxylation is 1. The minimum absolute atomic E-state index is 0.106. The van der Waals surface area contributed by atoms with Gasteiger partial charge in [0.2, 0.25) is 0 Å². The Kier molecular flexibility index (Phi) is 6.50. The number of ether oxygens (including phenoxy) is 1. The molecule has 32 heavy (non-hydrogen) atoms. The molecule has 166 valence electrons. The Balaban J connectivity index is 1.48. The van der Waals surface area contributed by atoms with Crippen molar-refractivity contribution in [2.75, 3.05) is 11.9 Å². The number of fused-ring (bicyclic) bond motifs is 2. The molecule has 1 aliphatic rings. The molecule has 4 rings (SSSR count). The molecule has 1 aromatic heterocycles. The topological polar surface area (TPSA) is 90.3 Å². The van der Waals surface area contributed by atoms with Gasteiger partial charge in [0, 0.05) is 18.0 Å². The highest BCUT2D eigenvalue weighted by Crippen LogP contribution is 2.20. The quantitative estimate of drug-likeness (QED) is 0.596. The third kappa shape index (κ3) is 4.80. The molecule has 0 saturated heterocycles. The highest BCUT2D eigenvalue weighted by molar-refractivity contribution is 6.30. The average molecular weight is 458 g/mol. The number of anilines is 1. The van der Waals surface area contributed by atoms with Crippen LogP contribution >= 0.6 is 11.6 Å². The zero-order valence-corrected chi connectivity index (χ0v) is 18.0. The summed E-state index contributed by atoms with van der Waals surface area (Å²) in [5.41, 5.74) is 0.365. The summed E-state index contributed by atoms with van der Waals surface area (Å²) in [6.07, 6.45) is 4.79. The molecule has 0 fully saturated rings. The van der Waals surface area contributed by atoms with E-state index in [1.807, 2.05) is 0 Å². The fourth-order valence-corrected chi connectivity index (χ4v) is 3.89. The van der Waals surface area contributed by atoms with Gasteiger partial charge in [-0.1, -0.05) is 24.4 Å². The SMILES string of the molecule is O=C(COC(=O)c1ccc2c(=O)n3c(nc2c1)CCCCCC3)Nc1cc(Cl)ccc1F. The molecule has 0 atom stereocenters. The molecule has 3 aromatic rings. The van der Waals surface area contributed by atoms with Gasteiger partial charge >= 0.3 is 5.97 Å². The lowest BCUT2D eigenvalue weighted by molar-refractivity contribution is -0.119. The molecular formula is C23H21ClFN3O4. The predicted molar refractivity (Wildman–Crippen MR) is 118 cm³/mol. The summed E-state index contributed by atoms with van der Waals surface area (Å²) in [6, 6.07) is 8.25. The van der Waals surface area contributed by atoms with Gasteiger partial charge in [0.25, 0.3) is 11.5 Å². The molecule has 7 nitrogen and oxygen atoms in total. The lowest BCUT2D eigenvalue weighted by Crippen LogP contribution is -2.26. The van der Waals surface area contributed by atoms with Crippen molar-refractivity contribution >= 4 is 40.1 Å². The number of halogens is 2. The molecule has 9 heteroatoms. The number of hydrogen-bond donors (Lipinski definition) is 1. The standard InChI is InChI=1S/C23H21ClFN3O4/c24-15-7-9-17(25)19(12-15)27-21(29)13-32-23(31)14-6-8-16-18(11-14)26-20-5-3-1-2-4-10-28(20)22(16)30/h6-9,11-12H,1-5,10,13H2,(H,27,29). The highest BCUT2D eigenvalue weighted by atomic mass is 35.5. The number of benzene rings is 2. The number of rotatable bonds is 4. The van der Waals surface area contributed by atoms with E-state index in [2.05, 4.69) is 10.3 Å². The first kappa shape index (κ1) is 22.0. The Bertz CT molecular complexity index is 1260. The van der Waals surface area contributed by atoms with Gasteiger partial charge in [-0.25, -0.2) is 14.2 Å². The third-order valence-electron chi connectivity index (χ3n) is 5.34. The second kappa shape index (κ2) is 9.48. The van der Waals surface area contributed by atoms with Gasteiger partial charge in [-0.3, -0.25) is 14.2 Å². The van der Waals surface area contributed by atoms with Crippen LogP contribution in [0.2, 0.25) is 5.02 Å². The Morgan fingerprint density at radius 3 is 2.78 bits per heavy atom. The van der Waals surface area contributed by atoms with Crippen molar-refractivity contribution in [1.82, 2.24) is 9.55 Å². The van der Waals surface area contributed by atoms with Crippen LogP contribution in [0.5, 0.6) is 0 Å². The van der Waals surface area contributed by atoms with Crippen LogP contribution in [0, 0.1) is 5.82 Å². The van der Waals surface area contributed by atoms with Crippen molar-refractivity contribution in [3.8, 4) is 0 Å². The number of hydrogen-bond acceptors (Lipinski definition) is 5. The van der Waals surface area contributed by atoms with E-state index in [9.17, 15) is 18.8 Å². The molecule has 0 bridgehead atoms. The normalized spacial score (nSPS) is 13.7. The van der Waals surface area contributed by atoms with E-state index in [1.165, 1.54) is 24.3 Å². The number of nitrogens with zero attached hydrogens (tertiary/aromatic N) is 2. The molecule has 0 aliphatic carbocycles. The average Bonchev–Trinajstić information content (AvgIpc) is 2.75. The zero-order chi connectivity index (χ0) is 22.7. The van der Waals surface area contributed by atoms with Crippen molar-refractivity contribution < 1.29 is 18.7 Å². The summed E-state index contributed by atoms with van der Waals surface area (Å²) in [4.78, 5) is 42.0. The first-order chi connectivity index (χ1) is 15.4. The molecule has 1 N–H and O–H groups in total. The maximum atomic E-state index is 13.7. The molecule has 0 unspecified atom stereocenters. The molecular weight excluding hydrogens is 437 g/mol. The van der Waals surface area contributed by atoms with E-state index >= 15 is 0 Å². The van der Waals surface area contributed by atoms with Crippen LogP contribution in [0.4, 0.5) is 10.1 Å². The van der Waals surface area contributed by atoms with Gasteiger partial charge < -0.3 is 10.1 Å². The van der Waals surface area contributed by atoms with E-state index in [4.69, 9.17) is 16.3 Å². The number of nitrogens with one attached hydrogen (secondary N) is 1. The third-order valence-corrected chi connectivity index (χ3v) is 5.57. The summed E-state index contributed by atoms with van der Waals surface area (Å²) in [5, 5.41) is 2.99. The maximum absolute atomic E-state index is 13.7. The molecule has 0 radical (unpaired) electrons. The molecule has 1 aliphatic heterocycles. The molecule has 1 amide bonds. The Morgan fingerprint density at radius 2 is 1.94 bits per heavy atom. The molecule has 0 spiro atoms. The summed E-state index contributed by atoms with van der Waals surface area (Å²) in [7, 11) is 0. The van der Waals surface area contributed by atoms with Crippen molar-refractivity contribution in [2.45, 2.75) is 38.6 Å². The summed E-state index contributed by atoms with van der Waals surface area (Å²) in [6.45, 7) is 0.0341. The highest BCUT2D eigenvalue weighted by Gasteiger charge is 2.16. The van der Waals surface area contributed by atoms with Crippen LogP contribution in [0.25, 0.3) is 10.9 Å². The summed E-state index contributed by atoms with van der Waals surface area (Å²) >= 11 is 5.79. The van der Waals surface area contributed by atoms with Crippen molar-refractivity contribution in [1.29, 1.82) is 0 Å². The van der Waals surface area contributed by atoms with Crippen LogP contribution in [0.15, 0.2) is 41.2 Å². The fourth-order valence-electron chi connectivity index (χ4n) is 3.72. The van der Waals surface area contributed by atoms with E-state index in [0.29, 0.717) is 23.9 Å². The monoisotopic (exact) mass is 457 g/mol. The van der Waals surface area contributed by atoms with Crippen molar-refractivity contribution in [3.63, 3.8) is 0 Å². The number of amides is 1. The lowest BCUT2D eigenvalue weighted by Gasteiger charge is -2.16. The van der Waals surface area contributed by atoms with Crippen LogP contribution in [0.3, 0.4) is 0 Å². The van der Waals surface area contributed by atoms with Gasteiger partial charge in [-0.05, 0) is 49.2 Å². The fraction of sp³-hybridized carbons (Fsp3) is 0.304. The number of carbonyl (C=O) groups is 2. The molecule has 2 aromatic carbocycles. The first-order valence-electron chi connectivity index (χ1n) is 10.4. The minimum Gasteiger partial charge on any atom is -0.452 e. The van der Waals surface area contributed by atoms with Gasteiger partial charge in [0.05, 0.1) is 22.2 Å². The van der Waals surface area contributed by atoms with Crippen LogP contribution in [0.1, 0.15) is 41.9 Å². The molecule has 0 saturated carbocycles. The number of aromatic nitrogens is 2. The summed E-state index contributed by atoms with van der Waals surface area (Å²) < 4.78 is 20.5. The first-order valence-corrected chi connectivity index (χ1v) is 10.8. The van der Waals surface area contributed by atoms with E-state index in [1.54, 1.807) is 10.6 Å². The number of carbonyl (C=O) groups excluding carboxylic acids is 2. The minimum atomic E-state index is -0.748. The van der Waals surface area contributed by atoms with Gasteiger partial charge in [0.15, 0.2) is 6.61 Å². The zero-order valence-electron chi connectivity index (χ0n) is 17.2. The van der Waals surface area contributed by atoms with Crippen LogP contribution < -0.4 is 10.9 Å². The van der Waals surface area contributed by atoms with Crippen LogP contribution in [-0.4, -0.2) is 28.0 Å². The van der Waals surface area contributed by atoms with Gasteiger partial charge in [-0.2, -0.15) is 0 Å². The smallest absolute Gasteiger partial charge is 0.338 e. The Morgan fingerprint density at radius 1 is 1.12 bits per heavy atom. The van der Waals surface area contributed by atoms with E-state index in [-0.39, 0.29) is 21.8 Å². The van der Waals surface area contributed by atoms with Gasteiger partial charge in [0.1, 0.15) is 11.6 Å². The van der Waals surface area contributed by atoms with Gasteiger partial charge in [-0.15, -0.1) is 0 Å². The largest absolute Gasteiger partial charge is 0.452 e. The predicted octanol–water partition coefficient (Wildman–Crippen LogP) is 4.10. The Labute approximate surface area is 188 Å². The second-order valence-electron chi connectivity index (χ2n) is 7.63. The lowest BCUT2D eigenvalue weighted by atomic mass is 10.1. The summed E-state index contributed by atoms with van der Waals surface area (Å²) in [5.74, 6) is -1.40. The maximum Gasteiger partial charge on any atom is 0.338 e. The number of esters is 1. The van der Waals surface area contributed by atoms with E-state index < -0.39 is 24.3 Å². The molecule has 2 heterocycles. The van der Waals surface area contributed by atoms with E-state index in [0.717, 1.165) is 37.6 Å². The van der Waals surface area contributed by atoms with Crippen LogP contribution in [-0.2, 0) is 22.5 Å². The second-order valence-corrected chi connectivity index (χ2v) is 8.07.